The average molecular weight is 1400 g/mol. The minimum absolute atomic E-state index is 1.09. The molecule has 0 fully saturated rings. The first-order chi connectivity index (χ1) is 51.0. The molecule has 2 nitrogen and oxygen atoms in total. The Bertz CT molecular complexity index is 4900. The number of halogens is 1. The molecule has 0 bridgehead atoms. The lowest BCUT2D eigenvalue weighted by Gasteiger charge is -2.37. The molecule has 103 heavy (non-hydrogen) atoms. The Morgan fingerprint density at radius 3 is 0.650 bits per heavy atom. The van der Waals surface area contributed by atoms with Gasteiger partial charge in [0, 0.05) is 27.2 Å². The van der Waals surface area contributed by atoms with Gasteiger partial charge in [0.2, 0.25) is 0 Å². The van der Waals surface area contributed by atoms with E-state index in [1.165, 1.54) is 182 Å². The minimum atomic E-state index is 1.09. The highest BCUT2D eigenvalue weighted by Crippen LogP contribution is 2.51. The van der Waals surface area contributed by atoms with Gasteiger partial charge in [-0.2, -0.15) is 0 Å². The number of benzene rings is 14. The van der Waals surface area contributed by atoms with Crippen LogP contribution < -0.4 is 10.2 Å². The fraction of sp³-hybridized carbons (Fsp3) is 0.160. The number of anilines is 5. The van der Waals surface area contributed by atoms with E-state index in [4.69, 9.17) is 0 Å². The molecule has 3 heteroatoms. The molecule has 0 amide bonds. The summed E-state index contributed by atoms with van der Waals surface area (Å²) in [6.45, 7) is 0. The number of rotatable bonds is 13. The van der Waals surface area contributed by atoms with E-state index in [1.807, 2.05) is 12.1 Å². The van der Waals surface area contributed by atoms with Gasteiger partial charge in [0.15, 0.2) is 0 Å². The maximum atomic E-state index is 4.00. The average Bonchev–Trinajstić information content (AvgIpc) is 0.733. The van der Waals surface area contributed by atoms with Gasteiger partial charge in [0.05, 0.1) is 5.69 Å². The van der Waals surface area contributed by atoms with E-state index in [0.717, 1.165) is 37.1 Å². The van der Waals surface area contributed by atoms with E-state index >= 15 is 0 Å². The summed E-state index contributed by atoms with van der Waals surface area (Å²) >= 11 is 4.00. The highest BCUT2D eigenvalue weighted by molar-refractivity contribution is 9.10. The lowest BCUT2D eigenvalue weighted by atomic mass is 9.75. The summed E-state index contributed by atoms with van der Waals surface area (Å²) in [5, 5.41) is 3.46. The lowest BCUT2D eigenvalue weighted by Crippen LogP contribution is -2.21. The first-order valence-corrected chi connectivity index (χ1v) is 38.4. The van der Waals surface area contributed by atoms with Crippen molar-refractivity contribution in [2.45, 2.75) is 103 Å². The molecule has 0 saturated heterocycles. The molecular weight excluding hydrogens is 1310 g/mol. The standard InChI is InChI=1S/C50H43N.C26H25Br.C24H19N/c1-4-14-36(15-5-1)39-24-26-42(27-25-39)49-45-20-10-12-22-47(45)50(48-23-13-11-21-46(48)49)51(43-32-28-40(29-33-43)37-16-6-2-7-17-37)44-34-30-41(31-35-44)38-18-8-3-9-19-38;27-26-23-12-6-4-10-21(23)25(22-11-5-7-13-24(22)26)20-16-14-19(15-17-20)18-8-2-1-3-9-18;1-3-7-19(8-4-1)21-11-15-23(16-12-21)25-24-17-13-22(14-18-24)20-9-5-2-6-10-20/h1-9,14-19,24-35H,10-13,20-23H2;1-3,8-9,14-17H,4-7,10-13H2;1-18,25H. The van der Waals surface area contributed by atoms with Crippen LogP contribution in [0.15, 0.2) is 332 Å². The van der Waals surface area contributed by atoms with E-state index in [2.05, 4.69) is 342 Å². The van der Waals surface area contributed by atoms with E-state index in [9.17, 15) is 0 Å². The summed E-state index contributed by atoms with van der Waals surface area (Å²) in [5.74, 6) is 0. The predicted molar refractivity (Wildman–Crippen MR) is 441 cm³/mol. The van der Waals surface area contributed by atoms with Crippen LogP contribution in [0.1, 0.15) is 95.9 Å². The number of fused-ring (bicyclic) bond motifs is 4. The SMILES string of the molecule is Brc1c2c(c(-c3ccc(-c4ccccc4)cc3)c3c1CCCC3)CCCC2.c1ccc(-c2ccc(-c3c4c(c(N(c5ccc(-c6ccccc6)cc5)c5ccc(-c6ccccc6)cc5)c5c3CCCC5)CCCC4)cc2)cc1.c1ccc(-c2ccc(Nc3ccc(-c4ccccc4)cc3)cc2)cc1. The van der Waals surface area contributed by atoms with Gasteiger partial charge in [0.25, 0.3) is 0 Å². The third kappa shape index (κ3) is 14.8. The molecule has 14 aromatic carbocycles. The van der Waals surface area contributed by atoms with E-state index < -0.39 is 0 Å². The van der Waals surface area contributed by atoms with Crippen molar-refractivity contribution in [3.05, 3.63) is 377 Å². The van der Waals surface area contributed by atoms with Crippen LogP contribution in [0.5, 0.6) is 0 Å². The molecule has 4 aliphatic rings. The molecule has 0 heterocycles. The molecule has 0 spiro atoms. The Balaban J connectivity index is 0.000000132. The molecule has 0 unspecified atom stereocenters. The summed E-state index contributed by atoms with van der Waals surface area (Å²) in [6, 6.07) is 118. The summed E-state index contributed by atoms with van der Waals surface area (Å²) in [4.78, 5) is 2.61. The third-order valence-electron chi connectivity index (χ3n) is 21.7. The lowest BCUT2D eigenvalue weighted by molar-refractivity contribution is 0.656. The monoisotopic (exact) mass is 1390 g/mol. The van der Waals surface area contributed by atoms with Crippen LogP contribution in [-0.2, 0) is 51.4 Å². The molecule has 18 rings (SSSR count). The van der Waals surface area contributed by atoms with Crippen LogP contribution in [0.2, 0.25) is 0 Å². The molecule has 0 aromatic heterocycles. The largest absolute Gasteiger partial charge is 0.356 e. The van der Waals surface area contributed by atoms with Crippen LogP contribution in [-0.4, -0.2) is 0 Å². The van der Waals surface area contributed by atoms with Crippen molar-refractivity contribution < 1.29 is 0 Å². The van der Waals surface area contributed by atoms with Crippen molar-refractivity contribution in [1.29, 1.82) is 0 Å². The zero-order chi connectivity index (χ0) is 69.1. The number of nitrogens with zero attached hydrogens (tertiary/aromatic N) is 1. The molecule has 0 aliphatic heterocycles. The van der Waals surface area contributed by atoms with Gasteiger partial charge in [0.1, 0.15) is 0 Å². The van der Waals surface area contributed by atoms with Gasteiger partial charge in [-0.25, -0.2) is 0 Å². The van der Waals surface area contributed by atoms with Crippen molar-refractivity contribution in [1.82, 2.24) is 0 Å². The third-order valence-corrected chi connectivity index (χ3v) is 22.7. The van der Waals surface area contributed by atoms with Gasteiger partial charge in [-0.05, 0) is 285 Å². The summed E-state index contributed by atoms with van der Waals surface area (Å²) < 4.78 is 1.44. The second kappa shape index (κ2) is 31.6. The van der Waals surface area contributed by atoms with Crippen LogP contribution in [0.25, 0.3) is 89.0 Å². The second-order valence-corrected chi connectivity index (χ2v) is 28.9. The van der Waals surface area contributed by atoms with E-state index in [0.29, 0.717) is 0 Å². The zero-order valence-corrected chi connectivity index (χ0v) is 60.4. The van der Waals surface area contributed by atoms with Gasteiger partial charge in [-0.3, -0.25) is 0 Å². The van der Waals surface area contributed by atoms with Crippen molar-refractivity contribution in [2.24, 2.45) is 0 Å². The molecule has 14 aromatic rings. The minimum Gasteiger partial charge on any atom is -0.356 e. The molecule has 504 valence electrons. The highest BCUT2D eigenvalue weighted by Gasteiger charge is 2.32. The maximum absolute atomic E-state index is 4.00. The van der Waals surface area contributed by atoms with Crippen molar-refractivity contribution in [3.8, 4) is 89.0 Å². The Hall–Kier alpha value is -10.8. The second-order valence-electron chi connectivity index (χ2n) is 28.1. The number of hydrogen-bond donors (Lipinski definition) is 1. The normalized spacial score (nSPS) is 13.4. The quantitative estimate of drug-likeness (QED) is 0.124. The first-order valence-electron chi connectivity index (χ1n) is 37.6. The fourth-order valence-electron chi connectivity index (χ4n) is 16.5. The topological polar surface area (TPSA) is 15.3 Å². The molecule has 4 aliphatic carbocycles. The molecule has 0 saturated carbocycles. The van der Waals surface area contributed by atoms with Crippen LogP contribution in [0, 0.1) is 0 Å². The van der Waals surface area contributed by atoms with E-state index in [1.54, 1.807) is 50.1 Å². The Morgan fingerprint density at radius 2 is 0.388 bits per heavy atom. The molecule has 1 N–H and O–H groups in total. The van der Waals surface area contributed by atoms with Crippen molar-refractivity contribution in [2.75, 3.05) is 10.2 Å². The van der Waals surface area contributed by atoms with Gasteiger partial charge >= 0.3 is 0 Å². The summed E-state index contributed by atoms with van der Waals surface area (Å²) in [7, 11) is 0. The van der Waals surface area contributed by atoms with Crippen LogP contribution >= 0.6 is 15.9 Å². The summed E-state index contributed by atoms with van der Waals surface area (Å²) in [5.41, 5.74) is 39.8. The Morgan fingerprint density at radius 1 is 0.194 bits per heavy atom. The zero-order valence-electron chi connectivity index (χ0n) is 58.8. The predicted octanol–water partition coefficient (Wildman–Crippen LogP) is 27.9. The van der Waals surface area contributed by atoms with Crippen molar-refractivity contribution >= 4 is 44.4 Å². The number of hydrogen-bond acceptors (Lipinski definition) is 2. The molecule has 0 radical (unpaired) electrons. The van der Waals surface area contributed by atoms with Crippen molar-refractivity contribution in [3.63, 3.8) is 0 Å². The smallest absolute Gasteiger partial charge is 0.0531 e. The molecular formula is C100H87BrN2. The maximum Gasteiger partial charge on any atom is 0.0531 e. The van der Waals surface area contributed by atoms with E-state index in [-0.39, 0.29) is 0 Å². The van der Waals surface area contributed by atoms with Crippen LogP contribution in [0.3, 0.4) is 0 Å². The summed E-state index contributed by atoms with van der Waals surface area (Å²) in [6.07, 6.45) is 19.7. The van der Waals surface area contributed by atoms with Gasteiger partial charge in [-0.1, -0.05) is 295 Å². The first kappa shape index (κ1) is 66.7. The fourth-order valence-corrected chi connectivity index (χ4v) is 17.4. The Kier molecular flexibility index (Phi) is 20.5. The molecule has 0 atom stereocenters. The Labute approximate surface area is 618 Å². The van der Waals surface area contributed by atoms with Gasteiger partial charge < -0.3 is 10.2 Å². The highest BCUT2D eigenvalue weighted by atomic mass is 79.9. The van der Waals surface area contributed by atoms with Gasteiger partial charge in [-0.15, -0.1) is 0 Å². The number of nitrogens with one attached hydrogen (secondary N) is 1. The van der Waals surface area contributed by atoms with Crippen LogP contribution in [0.4, 0.5) is 28.4 Å².